The van der Waals surface area contributed by atoms with Crippen molar-refractivity contribution < 1.29 is 19.0 Å². The van der Waals surface area contributed by atoms with Gasteiger partial charge in [0.2, 0.25) is 5.88 Å². The summed E-state index contributed by atoms with van der Waals surface area (Å²) in [6, 6.07) is 14.8. The molecule has 7 nitrogen and oxygen atoms in total. The molecule has 4 aliphatic rings. The van der Waals surface area contributed by atoms with E-state index in [1.807, 2.05) is 50.1 Å². The minimum Gasteiger partial charge on any atom is -0.474 e. The van der Waals surface area contributed by atoms with Crippen LogP contribution in [0.5, 0.6) is 5.88 Å². The van der Waals surface area contributed by atoms with Gasteiger partial charge < -0.3 is 24.0 Å². The number of benzene rings is 1. The normalized spacial score (nSPS) is 26.1. The standard InChI is InChI=1S/C28H37N3O4/c1-28(2,3)35-27(32)31-18-22-10-7-11-23(31)17-30(22)21-12-13-29-26(14-21)34-25-15-24(16-25)33-19-20-8-5-4-6-9-20/h4-6,8-9,12-14,22-25H,7,10-11,15-19H2,1-3H3. The number of amides is 1. The maximum Gasteiger partial charge on any atom is 0.410 e. The average molecular weight is 480 g/mol. The molecule has 3 aliphatic heterocycles. The van der Waals surface area contributed by atoms with E-state index in [2.05, 4.69) is 34.1 Å². The summed E-state index contributed by atoms with van der Waals surface area (Å²) < 4.78 is 17.9. The van der Waals surface area contributed by atoms with E-state index in [4.69, 9.17) is 14.2 Å². The van der Waals surface area contributed by atoms with E-state index in [9.17, 15) is 4.79 Å². The van der Waals surface area contributed by atoms with Gasteiger partial charge in [-0.2, -0.15) is 0 Å². The molecule has 1 aromatic carbocycles. The van der Waals surface area contributed by atoms with Crippen LogP contribution in [0.1, 0.15) is 58.4 Å². The molecular weight excluding hydrogens is 442 g/mol. The van der Waals surface area contributed by atoms with E-state index in [0.29, 0.717) is 19.0 Å². The molecule has 6 rings (SSSR count). The smallest absolute Gasteiger partial charge is 0.410 e. The summed E-state index contributed by atoms with van der Waals surface area (Å²) in [5.74, 6) is 0.665. The summed E-state index contributed by atoms with van der Waals surface area (Å²) in [6.45, 7) is 7.92. The lowest BCUT2D eigenvalue weighted by Gasteiger charge is -2.45. The van der Waals surface area contributed by atoms with Crippen molar-refractivity contribution in [3.8, 4) is 5.88 Å². The molecule has 0 radical (unpaired) electrons. The summed E-state index contributed by atoms with van der Waals surface area (Å²) in [6.07, 6.45) is 6.98. The fourth-order valence-corrected chi connectivity index (χ4v) is 5.24. The highest BCUT2D eigenvalue weighted by Crippen LogP contribution is 2.34. The first-order chi connectivity index (χ1) is 16.8. The Morgan fingerprint density at radius 3 is 2.57 bits per heavy atom. The maximum absolute atomic E-state index is 12.8. The Morgan fingerprint density at radius 2 is 1.80 bits per heavy atom. The Balaban J connectivity index is 1.16. The molecule has 0 N–H and O–H groups in total. The second-order valence-corrected chi connectivity index (χ2v) is 11.0. The molecule has 35 heavy (non-hydrogen) atoms. The zero-order valence-corrected chi connectivity index (χ0v) is 21.1. The molecule has 1 aliphatic carbocycles. The van der Waals surface area contributed by atoms with Crippen molar-refractivity contribution in [3.05, 3.63) is 54.2 Å². The fraction of sp³-hybridized carbons (Fsp3) is 0.571. The zero-order valence-electron chi connectivity index (χ0n) is 21.1. The monoisotopic (exact) mass is 479 g/mol. The van der Waals surface area contributed by atoms with Gasteiger partial charge in [0.25, 0.3) is 0 Å². The Labute approximate surface area is 208 Å². The summed E-state index contributed by atoms with van der Waals surface area (Å²) in [5.41, 5.74) is 1.84. The van der Waals surface area contributed by atoms with Crippen molar-refractivity contribution >= 4 is 11.8 Å². The van der Waals surface area contributed by atoms with E-state index in [1.54, 1.807) is 0 Å². The molecule has 2 unspecified atom stereocenters. The molecular formula is C28H37N3O4. The fourth-order valence-electron chi connectivity index (χ4n) is 5.24. The minimum absolute atomic E-state index is 0.141. The van der Waals surface area contributed by atoms with Gasteiger partial charge in [0.15, 0.2) is 0 Å². The Kier molecular flexibility index (Phi) is 6.87. The van der Waals surface area contributed by atoms with Gasteiger partial charge in [-0.15, -0.1) is 0 Å². The van der Waals surface area contributed by atoms with Crippen LogP contribution in [0.25, 0.3) is 0 Å². The number of fused-ring (bicyclic) bond motifs is 4. The van der Waals surface area contributed by atoms with Crippen LogP contribution in [0.15, 0.2) is 48.7 Å². The largest absolute Gasteiger partial charge is 0.474 e. The first-order valence-electron chi connectivity index (χ1n) is 12.9. The van der Waals surface area contributed by atoms with E-state index in [-0.39, 0.29) is 30.4 Å². The molecule has 4 fully saturated rings. The first-order valence-corrected chi connectivity index (χ1v) is 12.9. The van der Waals surface area contributed by atoms with E-state index < -0.39 is 5.60 Å². The SMILES string of the molecule is CC(C)(C)OC(=O)N1CC2CCCC1CN2c1ccnc(OC2CC(OCc3ccccc3)C2)c1. The third-order valence-electron chi connectivity index (χ3n) is 7.12. The second-order valence-electron chi connectivity index (χ2n) is 11.0. The number of ether oxygens (including phenoxy) is 3. The van der Waals surface area contributed by atoms with Crippen LogP contribution in [0.2, 0.25) is 0 Å². The predicted octanol–water partition coefficient (Wildman–Crippen LogP) is 5.19. The molecule has 4 heterocycles. The van der Waals surface area contributed by atoms with Crippen molar-refractivity contribution in [2.45, 2.75) is 89.4 Å². The lowest BCUT2D eigenvalue weighted by Crippen LogP contribution is -2.59. The molecule has 0 spiro atoms. The number of rotatable bonds is 6. The Bertz CT molecular complexity index is 1000. The lowest BCUT2D eigenvalue weighted by atomic mass is 9.92. The van der Waals surface area contributed by atoms with E-state index in [0.717, 1.165) is 44.3 Å². The quantitative estimate of drug-likeness (QED) is 0.568. The lowest BCUT2D eigenvalue weighted by molar-refractivity contribution is -0.0694. The van der Waals surface area contributed by atoms with Gasteiger partial charge in [-0.05, 0) is 51.7 Å². The molecule has 1 aromatic heterocycles. The maximum atomic E-state index is 12.8. The predicted molar refractivity (Wildman–Crippen MR) is 135 cm³/mol. The van der Waals surface area contributed by atoms with Crippen LogP contribution < -0.4 is 9.64 Å². The van der Waals surface area contributed by atoms with Gasteiger partial charge in [-0.1, -0.05) is 30.3 Å². The Hall–Kier alpha value is -2.80. The van der Waals surface area contributed by atoms with Crippen LogP contribution in [0, 0.1) is 0 Å². The van der Waals surface area contributed by atoms with Crippen molar-refractivity contribution in [1.82, 2.24) is 9.88 Å². The van der Waals surface area contributed by atoms with Gasteiger partial charge in [0.1, 0.15) is 11.7 Å². The first kappa shape index (κ1) is 23.9. The van der Waals surface area contributed by atoms with Crippen LogP contribution in [-0.4, -0.2) is 59.0 Å². The summed E-state index contributed by atoms with van der Waals surface area (Å²) in [4.78, 5) is 21.7. The summed E-state index contributed by atoms with van der Waals surface area (Å²) in [7, 11) is 0. The van der Waals surface area contributed by atoms with E-state index >= 15 is 0 Å². The highest BCUT2D eigenvalue weighted by atomic mass is 16.6. The summed E-state index contributed by atoms with van der Waals surface area (Å²) in [5, 5.41) is 0. The van der Waals surface area contributed by atoms with Crippen LogP contribution in [0.3, 0.4) is 0 Å². The zero-order chi connectivity index (χ0) is 24.4. The molecule has 2 atom stereocenters. The van der Waals surface area contributed by atoms with Gasteiger partial charge in [0.05, 0.1) is 18.8 Å². The van der Waals surface area contributed by atoms with Gasteiger partial charge in [-0.25, -0.2) is 9.78 Å². The second kappa shape index (κ2) is 10.1. The van der Waals surface area contributed by atoms with Crippen LogP contribution in [-0.2, 0) is 16.1 Å². The van der Waals surface area contributed by atoms with Crippen LogP contribution >= 0.6 is 0 Å². The van der Waals surface area contributed by atoms with Crippen molar-refractivity contribution in [2.24, 2.45) is 0 Å². The minimum atomic E-state index is -0.479. The number of piperazine rings is 1. The molecule has 7 heteroatoms. The third-order valence-corrected chi connectivity index (χ3v) is 7.12. The van der Waals surface area contributed by atoms with Crippen molar-refractivity contribution in [3.63, 3.8) is 0 Å². The number of hydrogen-bond acceptors (Lipinski definition) is 6. The number of carbonyl (C=O) groups is 1. The number of carbonyl (C=O) groups excluding carboxylic acids is 1. The number of nitrogens with zero attached hydrogens (tertiary/aromatic N) is 3. The van der Waals surface area contributed by atoms with E-state index in [1.165, 1.54) is 5.56 Å². The summed E-state index contributed by atoms with van der Waals surface area (Å²) >= 11 is 0. The van der Waals surface area contributed by atoms with Crippen molar-refractivity contribution in [1.29, 1.82) is 0 Å². The highest BCUT2D eigenvalue weighted by molar-refractivity contribution is 5.69. The van der Waals surface area contributed by atoms with Gasteiger partial charge in [-0.3, -0.25) is 0 Å². The molecule has 188 valence electrons. The number of pyridine rings is 1. The van der Waals surface area contributed by atoms with Gasteiger partial charge in [0, 0.05) is 49.9 Å². The third kappa shape index (κ3) is 5.89. The Morgan fingerprint density at radius 1 is 1.03 bits per heavy atom. The highest BCUT2D eigenvalue weighted by Gasteiger charge is 2.40. The van der Waals surface area contributed by atoms with Crippen molar-refractivity contribution in [2.75, 3.05) is 18.0 Å². The number of hydrogen-bond donors (Lipinski definition) is 0. The molecule has 3 saturated heterocycles. The average Bonchev–Trinajstić information content (AvgIpc) is 3.14. The molecule has 1 saturated carbocycles. The van der Waals surface area contributed by atoms with Gasteiger partial charge >= 0.3 is 6.09 Å². The number of anilines is 1. The molecule has 2 bridgehead atoms. The number of aromatic nitrogens is 1. The molecule has 2 aromatic rings. The van der Waals surface area contributed by atoms with Crippen LogP contribution in [0.4, 0.5) is 10.5 Å². The topological polar surface area (TPSA) is 64.1 Å². The molecule has 1 amide bonds.